The van der Waals surface area contributed by atoms with Gasteiger partial charge in [0.25, 0.3) is 0 Å². The monoisotopic (exact) mass is 241 g/mol. The van der Waals surface area contributed by atoms with Crippen molar-refractivity contribution in [3.05, 3.63) is 41.9 Å². The molecule has 1 N–H and O–H groups in total. The minimum Gasteiger partial charge on any atom is -0.350 e. The van der Waals surface area contributed by atoms with Gasteiger partial charge in [-0.3, -0.25) is 4.79 Å². The van der Waals surface area contributed by atoms with E-state index in [2.05, 4.69) is 11.9 Å². The molecule has 0 saturated heterocycles. The maximum Gasteiger partial charge on any atom is 0.230 e. The summed E-state index contributed by atoms with van der Waals surface area (Å²) in [5, 5.41) is 3.10. The predicted molar refractivity (Wildman–Crippen MR) is 65.2 cm³/mol. The van der Waals surface area contributed by atoms with E-state index in [0.29, 0.717) is 17.3 Å². The summed E-state index contributed by atoms with van der Waals surface area (Å²) < 4.78 is 0. The van der Waals surface area contributed by atoms with Crippen LogP contribution < -0.4 is 5.32 Å². The molecule has 0 atom stereocenters. The zero-order valence-electron chi connectivity index (χ0n) is 8.20. The van der Waals surface area contributed by atoms with Gasteiger partial charge in [0.05, 0.1) is 12.3 Å². The largest absolute Gasteiger partial charge is 0.350 e. The molecule has 1 aromatic rings. The number of carbonyl (C=O) groups excluding carboxylic acids is 1. The lowest BCUT2D eigenvalue weighted by Gasteiger charge is -2.03. The van der Waals surface area contributed by atoms with Crippen molar-refractivity contribution >= 4 is 29.3 Å². The molecule has 4 heteroatoms. The Labute approximate surface area is 98.7 Å². The number of nitrogens with one attached hydrogen (secondary N) is 1. The number of rotatable bonds is 5. The Bertz CT molecular complexity index is 340. The molecule has 15 heavy (non-hydrogen) atoms. The van der Waals surface area contributed by atoms with E-state index in [9.17, 15) is 4.79 Å². The van der Waals surface area contributed by atoms with Crippen molar-refractivity contribution in [1.29, 1.82) is 0 Å². The van der Waals surface area contributed by atoms with Gasteiger partial charge in [-0.1, -0.05) is 36.4 Å². The van der Waals surface area contributed by atoms with Crippen LogP contribution in [0.25, 0.3) is 0 Å². The van der Waals surface area contributed by atoms with Gasteiger partial charge in [0.1, 0.15) is 0 Å². The van der Waals surface area contributed by atoms with E-state index in [-0.39, 0.29) is 5.91 Å². The lowest BCUT2D eigenvalue weighted by atomic mass is 10.4. The summed E-state index contributed by atoms with van der Waals surface area (Å²) in [6.07, 6.45) is 0. The van der Waals surface area contributed by atoms with Gasteiger partial charge in [0.15, 0.2) is 0 Å². The van der Waals surface area contributed by atoms with E-state index in [0.717, 1.165) is 4.90 Å². The molecule has 0 aromatic heterocycles. The van der Waals surface area contributed by atoms with Crippen LogP contribution in [0.2, 0.25) is 0 Å². The second-order valence-electron chi connectivity index (χ2n) is 2.90. The quantitative estimate of drug-likeness (QED) is 0.803. The van der Waals surface area contributed by atoms with Crippen molar-refractivity contribution in [2.24, 2.45) is 0 Å². The number of hydrogen-bond donors (Lipinski definition) is 1. The third kappa shape index (κ3) is 5.50. The molecule has 0 unspecified atom stereocenters. The van der Waals surface area contributed by atoms with Crippen molar-refractivity contribution in [2.75, 3.05) is 12.3 Å². The molecular formula is C11H12ClNOS. The molecule has 0 spiro atoms. The number of amides is 1. The zero-order valence-corrected chi connectivity index (χ0v) is 9.77. The first-order chi connectivity index (χ1) is 7.18. The maximum atomic E-state index is 11.3. The molecule has 80 valence electrons. The lowest BCUT2D eigenvalue weighted by Crippen LogP contribution is -2.26. The zero-order chi connectivity index (χ0) is 11.1. The predicted octanol–water partition coefficient (Wildman–Crippen LogP) is 2.65. The maximum absolute atomic E-state index is 11.3. The van der Waals surface area contributed by atoms with E-state index in [1.165, 1.54) is 11.8 Å². The molecule has 0 heterocycles. The van der Waals surface area contributed by atoms with Crippen LogP contribution in [0.1, 0.15) is 0 Å². The molecule has 0 aliphatic carbocycles. The van der Waals surface area contributed by atoms with Crippen LogP contribution in [0.15, 0.2) is 46.8 Å². The molecule has 2 nitrogen and oxygen atoms in total. The van der Waals surface area contributed by atoms with Gasteiger partial charge in [-0.25, -0.2) is 0 Å². The Morgan fingerprint density at radius 3 is 2.67 bits per heavy atom. The molecular weight excluding hydrogens is 230 g/mol. The fourth-order valence-corrected chi connectivity index (χ4v) is 1.73. The van der Waals surface area contributed by atoms with Gasteiger partial charge in [0.2, 0.25) is 5.91 Å². The third-order valence-corrected chi connectivity index (χ3v) is 2.74. The molecule has 1 amide bonds. The van der Waals surface area contributed by atoms with Crippen molar-refractivity contribution in [3.8, 4) is 0 Å². The molecule has 1 aromatic carbocycles. The molecule has 0 saturated carbocycles. The van der Waals surface area contributed by atoms with Crippen LogP contribution in [0.4, 0.5) is 0 Å². The molecule has 0 fully saturated rings. The standard InChI is InChI=1S/C11H12ClNOS/c1-9(12)7-13-11(14)8-15-10-5-3-2-4-6-10/h2-6H,1,7-8H2,(H,13,14). The fourth-order valence-electron chi connectivity index (χ4n) is 0.911. The average molecular weight is 242 g/mol. The second kappa shape index (κ2) is 6.53. The van der Waals surface area contributed by atoms with Crippen LogP contribution >= 0.6 is 23.4 Å². The summed E-state index contributed by atoms with van der Waals surface area (Å²) in [6.45, 7) is 3.82. The minimum absolute atomic E-state index is 0.0364. The Hall–Kier alpha value is -0.930. The highest BCUT2D eigenvalue weighted by Crippen LogP contribution is 2.16. The number of hydrogen-bond acceptors (Lipinski definition) is 2. The fraction of sp³-hybridized carbons (Fsp3) is 0.182. The Balaban J connectivity index is 2.26. The number of halogens is 1. The summed E-state index contributed by atoms with van der Waals surface area (Å²) in [5.41, 5.74) is 0. The Morgan fingerprint density at radius 2 is 2.07 bits per heavy atom. The SMILES string of the molecule is C=C(Cl)CNC(=O)CSc1ccccc1. The summed E-state index contributed by atoms with van der Waals surface area (Å²) in [6, 6.07) is 9.78. The van der Waals surface area contributed by atoms with Crippen LogP contribution in [-0.2, 0) is 4.79 Å². The van der Waals surface area contributed by atoms with Crippen LogP contribution in [-0.4, -0.2) is 18.2 Å². The van der Waals surface area contributed by atoms with Crippen LogP contribution in [0.3, 0.4) is 0 Å². The molecule has 0 bridgehead atoms. The highest BCUT2D eigenvalue weighted by Gasteiger charge is 2.01. The van der Waals surface area contributed by atoms with E-state index in [1.807, 2.05) is 30.3 Å². The first kappa shape index (κ1) is 12.1. The van der Waals surface area contributed by atoms with Crippen molar-refractivity contribution < 1.29 is 4.79 Å². The van der Waals surface area contributed by atoms with Gasteiger partial charge in [-0.05, 0) is 12.1 Å². The summed E-state index contributed by atoms with van der Waals surface area (Å²) in [4.78, 5) is 12.4. The van der Waals surface area contributed by atoms with Crippen molar-refractivity contribution in [3.63, 3.8) is 0 Å². The number of carbonyl (C=O) groups is 1. The normalized spacial score (nSPS) is 9.67. The lowest BCUT2D eigenvalue weighted by molar-refractivity contribution is -0.118. The number of benzene rings is 1. The average Bonchev–Trinajstić information content (AvgIpc) is 2.25. The van der Waals surface area contributed by atoms with Crippen LogP contribution in [0.5, 0.6) is 0 Å². The van der Waals surface area contributed by atoms with E-state index in [4.69, 9.17) is 11.6 Å². The topological polar surface area (TPSA) is 29.1 Å². The minimum atomic E-state index is -0.0364. The van der Waals surface area contributed by atoms with Crippen LogP contribution in [0, 0.1) is 0 Å². The summed E-state index contributed by atoms with van der Waals surface area (Å²) in [5.74, 6) is 0.361. The Kier molecular flexibility index (Phi) is 5.29. The summed E-state index contributed by atoms with van der Waals surface area (Å²) >= 11 is 7.02. The molecule has 0 aliphatic rings. The van der Waals surface area contributed by atoms with E-state index < -0.39 is 0 Å². The molecule has 1 rings (SSSR count). The van der Waals surface area contributed by atoms with Gasteiger partial charge >= 0.3 is 0 Å². The molecule has 0 radical (unpaired) electrons. The third-order valence-electron chi connectivity index (χ3n) is 1.59. The number of thioether (sulfide) groups is 1. The van der Waals surface area contributed by atoms with Crippen molar-refractivity contribution in [1.82, 2.24) is 5.32 Å². The van der Waals surface area contributed by atoms with Crippen molar-refractivity contribution in [2.45, 2.75) is 4.90 Å². The smallest absolute Gasteiger partial charge is 0.230 e. The highest BCUT2D eigenvalue weighted by molar-refractivity contribution is 8.00. The second-order valence-corrected chi connectivity index (χ2v) is 4.48. The van der Waals surface area contributed by atoms with Gasteiger partial charge in [-0.2, -0.15) is 0 Å². The Morgan fingerprint density at radius 1 is 1.40 bits per heavy atom. The van der Waals surface area contributed by atoms with E-state index >= 15 is 0 Å². The van der Waals surface area contributed by atoms with Gasteiger partial charge in [0, 0.05) is 9.93 Å². The first-order valence-electron chi connectivity index (χ1n) is 4.46. The highest BCUT2D eigenvalue weighted by atomic mass is 35.5. The van der Waals surface area contributed by atoms with Gasteiger partial charge < -0.3 is 5.32 Å². The first-order valence-corrected chi connectivity index (χ1v) is 5.82. The summed E-state index contributed by atoms with van der Waals surface area (Å²) in [7, 11) is 0. The van der Waals surface area contributed by atoms with E-state index in [1.54, 1.807) is 0 Å². The molecule has 0 aliphatic heterocycles. The van der Waals surface area contributed by atoms with Gasteiger partial charge in [-0.15, -0.1) is 11.8 Å².